The van der Waals surface area contributed by atoms with E-state index in [-0.39, 0.29) is 16.3 Å². The number of ether oxygens (including phenoxy) is 2. The molecule has 32 heavy (non-hydrogen) atoms. The van der Waals surface area contributed by atoms with Gasteiger partial charge in [0.05, 0.1) is 24.8 Å². The molecular weight excluding hydrogens is 459 g/mol. The van der Waals surface area contributed by atoms with E-state index in [9.17, 15) is 17.6 Å². The molecule has 7 nitrogen and oxygen atoms in total. The second-order valence-corrected chi connectivity index (χ2v) is 8.86. The average Bonchev–Trinajstić information content (AvgIpc) is 2.79. The molecule has 0 heterocycles. The summed E-state index contributed by atoms with van der Waals surface area (Å²) in [5.41, 5.74) is 0.564. The van der Waals surface area contributed by atoms with E-state index < -0.39 is 28.3 Å². The van der Waals surface area contributed by atoms with Crippen LogP contribution in [0.25, 0.3) is 0 Å². The topological polar surface area (TPSA) is 84.9 Å². The third kappa shape index (κ3) is 5.30. The van der Waals surface area contributed by atoms with Gasteiger partial charge in [-0.15, -0.1) is 0 Å². The Hall–Kier alpha value is -3.30. The number of anilines is 2. The van der Waals surface area contributed by atoms with E-state index in [0.29, 0.717) is 16.5 Å². The van der Waals surface area contributed by atoms with E-state index in [0.717, 1.165) is 16.4 Å². The van der Waals surface area contributed by atoms with Crippen molar-refractivity contribution >= 4 is 38.9 Å². The van der Waals surface area contributed by atoms with Crippen LogP contribution in [0, 0.1) is 5.82 Å². The van der Waals surface area contributed by atoms with Gasteiger partial charge in [0.15, 0.2) is 11.5 Å². The van der Waals surface area contributed by atoms with Crippen LogP contribution in [0.2, 0.25) is 5.02 Å². The Kier molecular flexibility index (Phi) is 7.22. The van der Waals surface area contributed by atoms with Gasteiger partial charge in [0.2, 0.25) is 5.91 Å². The Morgan fingerprint density at radius 3 is 2.19 bits per heavy atom. The molecular formula is C22H20ClFN2O5S. The van der Waals surface area contributed by atoms with Crippen molar-refractivity contribution in [3.8, 4) is 11.5 Å². The first kappa shape index (κ1) is 23.4. The number of hydrogen-bond donors (Lipinski definition) is 1. The highest BCUT2D eigenvalue weighted by Gasteiger charge is 2.28. The number of rotatable bonds is 8. The first-order valence-corrected chi connectivity index (χ1v) is 11.1. The van der Waals surface area contributed by atoms with Crippen molar-refractivity contribution in [1.29, 1.82) is 0 Å². The third-order valence-electron chi connectivity index (χ3n) is 4.47. The van der Waals surface area contributed by atoms with Gasteiger partial charge < -0.3 is 14.8 Å². The molecule has 0 atom stereocenters. The molecule has 0 aliphatic heterocycles. The Labute approximate surface area is 190 Å². The number of methoxy groups -OCH3 is 2. The lowest BCUT2D eigenvalue weighted by atomic mass is 10.3. The second kappa shape index (κ2) is 9.88. The summed E-state index contributed by atoms with van der Waals surface area (Å²) in [6, 6.07) is 15.2. The fourth-order valence-corrected chi connectivity index (χ4v) is 4.45. The standard InChI is InChI=1S/C22H20ClFN2O5S/c1-30-20-12-11-19(13-21(20)31-2)32(28,29)26(18-9-5-16(24)6-10-18)14-22(27)25-17-7-3-15(23)4-8-17/h3-13H,14H2,1-2H3,(H,25,27). The molecule has 1 N–H and O–H groups in total. The summed E-state index contributed by atoms with van der Waals surface area (Å²) in [5.74, 6) is -0.581. The van der Waals surface area contributed by atoms with Gasteiger partial charge in [0, 0.05) is 16.8 Å². The zero-order valence-electron chi connectivity index (χ0n) is 17.2. The van der Waals surface area contributed by atoms with Gasteiger partial charge in [-0.05, 0) is 60.7 Å². The van der Waals surface area contributed by atoms with Gasteiger partial charge in [-0.25, -0.2) is 12.8 Å². The normalized spacial score (nSPS) is 11.0. The van der Waals surface area contributed by atoms with Crippen molar-refractivity contribution in [3.05, 3.63) is 77.6 Å². The molecule has 3 aromatic rings. The monoisotopic (exact) mass is 478 g/mol. The fourth-order valence-electron chi connectivity index (χ4n) is 2.89. The van der Waals surface area contributed by atoms with Crippen molar-refractivity contribution in [2.75, 3.05) is 30.4 Å². The van der Waals surface area contributed by atoms with Crippen molar-refractivity contribution in [3.63, 3.8) is 0 Å². The van der Waals surface area contributed by atoms with Crippen LogP contribution >= 0.6 is 11.6 Å². The maximum atomic E-state index is 13.5. The Morgan fingerprint density at radius 1 is 0.969 bits per heavy atom. The van der Waals surface area contributed by atoms with Crippen molar-refractivity contribution in [2.45, 2.75) is 4.90 Å². The van der Waals surface area contributed by atoms with Gasteiger partial charge in [0.1, 0.15) is 12.4 Å². The minimum Gasteiger partial charge on any atom is -0.493 e. The van der Waals surface area contributed by atoms with Crippen LogP contribution in [-0.4, -0.2) is 35.1 Å². The number of carbonyl (C=O) groups excluding carboxylic acids is 1. The van der Waals surface area contributed by atoms with E-state index in [4.69, 9.17) is 21.1 Å². The van der Waals surface area contributed by atoms with Crippen LogP contribution in [0.3, 0.4) is 0 Å². The molecule has 0 aliphatic rings. The largest absolute Gasteiger partial charge is 0.493 e. The quantitative estimate of drug-likeness (QED) is 0.521. The van der Waals surface area contributed by atoms with Crippen LogP contribution in [0.1, 0.15) is 0 Å². The summed E-state index contributed by atoms with van der Waals surface area (Å²) < 4.78 is 51.6. The summed E-state index contributed by atoms with van der Waals surface area (Å²) in [4.78, 5) is 12.6. The van der Waals surface area contributed by atoms with Crippen LogP contribution in [0.4, 0.5) is 15.8 Å². The molecule has 0 bridgehead atoms. The lowest BCUT2D eigenvalue weighted by molar-refractivity contribution is -0.114. The number of hydrogen-bond acceptors (Lipinski definition) is 5. The van der Waals surface area contributed by atoms with Gasteiger partial charge in [-0.2, -0.15) is 0 Å². The van der Waals surface area contributed by atoms with E-state index >= 15 is 0 Å². The summed E-state index contributed by atoms with van der Waals surface area (Å²) in [7, 11) is -1.42. The summed E-state index contributed by atoms with van der Waals surface area (Å²) in [6.45, 7) is -0.551. The maximum Gasteiger partial charge on any atom is 0.264 e. The van der Waals surface area contributed by atoms with Crippen LogP contribution in [0.15, 0.2) is 71.6 Å². The predicted molar refractivity (Wildman–Crippen MR) is 121 cm³/mol. The number of amides is 1. The highest BCUT2D eigenvalue weighted by atomic mass is 35.5. The van der Waals surface area contributed by atoms with Crippen molar-refractivity contribution < 1.29 is 27.1 Å². The number of halogens is 2. The average molecular weight is 479 g/mol. The fraction of sp³-hybridized carbons (Fsp3) is 0.136. The number of carbonyl (C=O) groups is 1. The summed E-state index contributed by atoms with van der Waals surface area (Å²) >= 11 is 5.85. The molecule has 0 aromatic heterocycles. The molecule has 0 saturated heterocycles. The molecule has 0 radical (unpaired) electrons. The first-order valence-electron chi connectivity index (χ1n) is 9.30. The molecule has 3 aromatic carbocycles. The van der Waals surface area contributed by atoms with Gasteiger partial charge in [-0.3, -0.25) is 9.10 Å². The molecule has 0 saturated carbocycles. The zero-order valence-corrected chi connectivity index (χ0v) is 18.8. The smallest absolute Gasteiger partial charge is 0.264 e. The zero-order chi connectivity index (χ0) is 23.3. The predicted octanol–water partition coefficient (Wildman–Crippen LogP) is 4.33. The minimum absolute atomic E-state index is 0.118. The van der Waals surface area contributed by atoms with Gasteiger partial charge >= 0.3 is 0 Å². The first-order chi connectivity index (χ1) is 15.2. The molecule has 0 fully saturated rings. The van der Waals surface area contributed by atoms with Crippen molar-refractivity contribution in [2.24, 2.45) is 0 Å². The molecule has 168 valence electrons. The lowest BCUT2D eigenvalue weighted by Gasteiger charge is -2.24. The lowest BCUT2D eigenvalue weighted by Crippen LogP contribution is -2.38. The van der Waals surface area contributed by atoms with Gasteiger partial charge in [-0.1, -0.05) is 11.6 Å². The molecule has 0 spiro atoms. The van der Waals surface area contributed by atoms with E-state index in [1.54, 1.807) is 24.3 Å². The Balaban J connectivity index is 1.97. The van der Waals surface area contributed by atoms with Crippen LogP contribution in [0.5, 0.6) is 11.5 Å². The third-order valence-corrected chi connectivity index (χ3v) is 6.49. The number of sulfonamides is 1. The molecule has 0 unspecified atom stereocenters. The number of benzene rings is 3. The molecule has 10 heteroatoms. The number of nitrogens with zero attached hydrogens (tertiary/aromatic N) is 1. The maximum absolute atomic E-state index is 13.5. The van der Waals surface area contributed by atoms with E-state index in [1.165, 1.54) is 44.6 Å². The van der Waals surface area contributed by atoms with Crippen LogP contribution < -0.4 is 19.1 Å². The van der Waals surface area contributed by atoms with E-state index in [2.05, 4.69) is 5.32 Å². The second-order valence-electron chi connectivity index (χ2n) is 6.56. The van der Waals surface area contributed by atoms with Crippen LogP contribution in [-0.2, 0) is 14.8 Å². The number of nitrogens with one attached hydrogen (secondary N) is 1. The highest BCUT2D eigenvalue weighted by molar-refractivity contribution is 7.92. The molecule has 0 aliphatic carbocycles. The van der Waals surface area contributed by atoms with Crippen molar-refractivity contribution in [1.82, 2.24) is 0 Å². The van der Waals surface area contributed by atoms with E-state index in [1.807, 2.05) is 0 Å². The Morgan fingerprint density at radius 2 is 1.59 bits per heavy atom. The summed E-state index contributed by atoms with van der Waals surface area (Å²) in [5, 5.41) is 3.12. The Bertz CT molecular complexity index is 1200. The molecule has 1 amide bonds. The van der Waals surface area contributed by atoms with Gasteiger partial charge in [0.25, 0.3) is 10.0 Å². The minimum atomic E-state index is -4.23. The SMILES string of the molecule is COc1ccc(S(=O)(=O)N(CC(=O)Nc2ccc(Cl)cc2)c2ccc(F)cc2)cc1OC. The highest BCUT2D eigenvalue weighted by Crippen LogP contribution is 2.32. The summed E-state index contributed by atoms with van der Waals surface area (Å²) in [6.07, 6.45) is 0. The molecule has 3 rings (SSSR count).